The molecule has 3 heteroatoms. The molecule has 3 fully saturated rings. The number of carbonyl (C=O) groups excluding carboxylic acids is 1. The summed E-state index contributed by atoms with van der Waals surface area (Å²) in [6, 6.07) is 0. The zero-order chi connectivity index (χ0) is 12.8. The van der Waals surface area contributed by atoms with E-state index in [-0.39, 0.29) is 5.54 Å². The van der Waals surface area contributed by atoms with E-state index in [0.717, 1.165) is 32.1 Å². The van der Waals surface area contributed by atoms with Gasteiger partial charge in [0.25, 0.3) is 0 Å². The molecule has 2 aliphatic carbocycles. The third-order valence-corrected chi connectivity index (χ3v) is 5.59. The molecule has 18 heavy (non-hydrogen) atoms. The van der Waals surface area contributed by atoms with Gasteiger partial charge in [-0.2, -0.15) is 0 Å². The molecule has 0 spiro atoms. The van der Waals surface area contributed by atoms with E-state index >= 15 is 0 Å². The van der Waals surface area contributed by atoms with Crippen LogP contribution in [0.3, 0.4) is 0 Å². The van der Waals surface area contributed by atoms with Crippen LogP contribution in [0.15, 0.2) is 0 Å². The normalized spacial score (nSPS) is 37.1. The topological polar surface area (TPSA) is 32.3 Å². The molecule has 1 saturated heterocycles. The Kier molecular flexibility index (Phi) is 3.23. The maximum absolute atomic E-state index is 12.9. The molecule has 3 nitrogen and oxygen atoms in total. The minimum atomic E-state index is -0.253. The number of hydrogen-bond acceptors (Lipinski definition) is 3. The molecule has 0 aromatic rings. The molecule has 2 saturated carbocycles. The monoisotopic (exact) mass is 250 g/mol. The minimum Gasteiger partial charge on any atom is -0.314 e. The third kappa shape index (κ3) is 2.01. The number of nitrogens with one attached hydrogen (secondary N) is 1. The van der Waals surface area contributed by atoms with Gasteiger partial charge in [0.05, 0.1) is 5.54 Å². The van der Waals surface area contributed by atoms with Crippen molar-refractivity contribution in [3.05, 3.63) is 0 Å². The van der Waals surface area contributed by atoms with Gasteiger partial charge < -0.3 is 5.32 Å². The first kappa shape index (κ1) is 12.6. The molecular formula is C15H26N2O. The van der Waals surface area contributed by atoms with Crippen molar-refractivity contribution >= 4 is 5.78 Å². The maximum Gasteiger partial charge on any atom is 0.155 e. The number of ketones is 1. The summed E-state index contributed by atoms with van der Waals surface area (Å²) < 4.78 is 0. The van der Waals surface area contributed by atoms with Crippen LogP contribution >= 0.6 is 0 Å². The molecule has 0 aromatic heterocycles. The van der Waals surface area contributed by atoms with Crippen molar-refractivity contribution < 1.29 is 4.79 Å². The van der Waals surface area contributed by atoms with Crippen LogP contribution in [0.2, 0.25) is 0 Å². The zero-order valence-electron chi connectivity index (χ0n) is 11.7. The fourth-order valence-electron chi connectivity index (χ4n) is 4.40. The highest BCUT2D eigenvalue weighted by atomic mass is 16.1. The Balaban J connectivity index is 1.70. The Hall–Kier alpha value is -0.410. The van der Waals surface area contributed by atoms with Gasteiger partial charge in [-0.1, -0.05) is 6.42 Å². The van der Waals surface area contributed by atoms with Crippen LogP contribution in [0.5, 0.6) is 0 Å². The molecule has 3 atom stereocenters. The van der Waals surface area contributed by atoms with Crippen LogP contribution in [-0.2, 0) is 4.79 Å². The molecule has 0 radical (unpaired) electrons. The van der Waals surface area contributed by atoms with Crippen molar-refractivity contribution in [2.24, 2.45) is 17.8 Å². The van der Waals surface area contributed by atoms with Crippen LogP contribution in [-0.4, -0.2) is 42.4 Å². The molecule has 3 aliphatic rings. The van der Waals surface area contributed by atoms with E-state index in [1.54, 1.807) is 0 Å². The molecule has 2 bridgehead atoms. The molecule has 1 aliphatic heterocycles. The number of carbonyl (C=O) groups is 1. The minimum absolute atomic E-state index is 0.253. The van der Waals surface area contributed by atoms with Crippen molar-refractivity contribution in [3.63, 3.8) is 0 Å². The van der Waals surface area contributed by atoms with Crippen LogP contribution < -0.4 is 5.32 Å². The van der Waals surface area contributed by atoms with Crippen molar-refractivity contribution in [1.29, 1.82) is 0 Å². The summed E-state index contributed by atoms with van der Waals surface area (Å²) in [5.41, 5.74) is -0.253. The highest BCUT2D eigenvalue weighted by molar-refractivity contribution is 5.90. The fraction of sp³-hybridized carbons (Fsp3) is 0.933. The predicted molar refractivity (Wildman–Crippen MR) is 72.5 cm³/mol. The van der Waals surface area contributed by atoms with Gasteiger partial charge in [-0.25, -0.2) is 0 Å². The SMILES string of the molecule is CC(C)(C(=O)C1CC2CCC1C2)N1CCNCC1. The van der Waals surface area contributed by atoms with E-state index in [0.29, 0.717) is 17.6 Å². The Morgan fingerprint density at radius 3 is 2.44 bits per heavy atom. The summed E-state index contributed by atoms with van der Waals surface area (Å²) >= 11 is 0. The quantitative estimate of drug-likeness (QED) is 0.827. The summed E-state index contributed by atoms with van der Waals surface area (Å²) in [4.78, 5) is 15.3. The van der Waals surface area contributed by atoms with Gasteiger partial charge in [-0.15, -0.1) is 0 Å². The Bertz CT molecular complexity index is 333. The highest BCUT2D eigenvalue weighted by Gasteiger charge is 2.48. The lowest BCUT2D eigenvalue weighted by atomic mass is 9.78. The van der Waals surface area contributed by atoms with Crippen molar-refractivity contribution in [3.8, 4) is 0 Å². The third-order valence-electron chi connectivity index (χ3n) is 5.59. The highest BCUT2D eigenvalue weighted by Crippen LogP contribution is 2.49. The van der Waals surface area contributed by atoms with E-state index in [4.69, 9.17) is 0 Å². The second-order valence-corrected chi connectivity index (χ2v) is 6.94. The average Bonchev–Trinajstić information content (AvgIpc) is 3.01. The smallest absolute Gasteiger partial charge is 0.155 e. The molecule has 0 aromatic carbocycles. The lowest BCUT2D eigenvalue weighted by Crippen LogP contribution is -2.58. The predicted octanol–water partition coefficient (Wildman–Crippen LogP) is 1.68. The van der Waals surface area contributed by atoms with E-state index in [1.807, 2.05) is 0 Å². The fourth-order valence-corrected chi connectivity index (χ4v) is 4.40. The van der Waals surface area contributed by atoms with Crippen LogP contribution in [0.25, 0.3) is 0 Å². The van der Waals surface area contributed by atoms with Gasteiger partial charge in [0.1, 0.15) is 0 Å². The van der Waals surface area contributed by atoms with Crippen LogP contribution in [0.1, 0.15) is 39.5 Å². The van der Waals surface area contributed by atoms with E-state index in [1.165, 1.54) is 25.7 Å². The van der Waals surface area contributed by atoms with Gasteiger partial charge in [-0.3, -0.25) is 9.69 Å². The van der Waals surface area contributed by atoms with E-state index in [9.17, 15) is 4.79 Å². The largest absolute Gasteiger partial charge is 0.314 e. The van der Waals surface area contributed by atoms with Gasteiger partial charge in [-0.05, 0) is 44.9 Å². The Morgan fingerprint density at radius 2 is 1.89 bits per heavy atom. The van der Waals surface area contributed by atoms with Gasteiger partial charge in [0, 0.05) is 32.1 Å². The zero-order valence-corrected chi connectivity index (χ0v) is 11.7. The van der Waals surface area contributed by atoms with E-state index < -0.39 is 0 Å². The summed E-state index contributed by atoms with van der Waals surface area (Å²) in [6.45, 7) is 8.36. The second-order valence-electron chi connectivity index (χ2n) is 6.94. The standard InChI is InChI=1S/C15H26N2O/c1-15(2,17-7-5-16-6-8-17)14(18)13-10-11-3-4-12(13)9-11/h11-13,16H,3-10H2,1-2H3. The van der Waals surface area contributed by atoms with Crippen molar-refractivity contribution in [1.82, 2.24) is 10.2 Å². The molecule has 102 valence electrons. The molecular weight excluding hydrogens is 224 g/mol. The number of fused-ring (bicyclic) bond motifs is 2. The lowest BCUT2D eigenvalue weighted by Gasteiger charge is -2.42. The summed E-state index contributed by atoms with van der Waals surface area (Å²) in [6.07, 6.45) is 5.19. The first-order valence-electron chi connectivity index (χ1n) is 7.59. The summed E-state index contributed by atoms with van der Waals surface area (Å²) in [5, 5.41) is 3.37. The van der Waals surface area contributed by atoms with Crippen molar-refractivity contribution in [2.75, 3.05) is 26.2 Å². The van der Waals surface area contributed by atoms with Gasteiger partial charge in [0.15, 0.2) is 5.78 Å². The lowest BCUT2D eigenvalue weighted by molar-refractivity contribution is -0.135. The van der Waals surface area contributed by atoms with Crippen LogP contribution in [0.4, 0.5) is 0 Å². The molecule has 3 rings (SSSR count). The van der Waals surface area contributed by atoms with Crippen molar-refractivity contribution in [2.45, 2.75) is 45.1 Å². The molecule has 1 N–H and O–H groups in total. The Labute approximate surface area is 110 Å². The average molecular weight is 250 g/mol. The number of Topliss-reactive ketones (excluding diaryl/α,β-unsaturated/α-hetero) is 1. The van der Waals surface area contributed by atoms with Crippen LogP contribution in [0, 0.1) is 17.8 Å². The number of piperazine rings is 1. The number of nitrogens with zero attached hydrogens (tertiary/aromatic N) is 1. The van der Waals surface area contributed by atoms with E-state index in [2.05, 4.69) is 24.1 Å². The second kappa shape index (κ2) is 4.61. The summed E-state index contributed by atoms with van der Waals surface area (Å²) in [7, 11) is 0. The first-order chi connectivity index (χ1) is 8.59. The maximum atomic E-state index is 12.9. The molecule has 3 unspecified atom stereocenters. The number of hydrogen-bond donors (Lipinski definition) is 1. The first-order valence-corrected chi connectivity index (χ1v) is 7.59. The van der Waals surface area contributed by atoms with Gasteiger partial charge >= 0.3 is 0 Å². The molecule has 0 amide bonds. The molecule has 1 heterocycles. The van der Waals surface area contributed by atoms with Gasteiger partial charge in [0.2, 0.25) is 0 Å². The Morgan fingerprint density at radius 1 is 1.17 bits per heavy atom. The summed E-state index contributed by atoms with van der Waals surface area (Å²) in [5.74, 6) is 2.47. The number of rotatable bonds is 3.